The molecule has 0 saturated heterocycles. The molecular weight excluding hydrogens is 374 g/mol. The summed E-state index contributed by atoms with van der Waals surface area (Å²) >= 11 is 0. The molecule has 0 saturated carbocycles. The Balaban J connectivity index is 3.32. The summed E-state index contributed by atoms with van der Waals surface area (Å²) in [6, 6.07) is 0. The summed E-state index contributed by atoms with van der Waals surface area (Å²) in [5.41, 5.74) is 5.13. The van der Waals surface area contributed by atoms with Crippen LogP contribution in [-0.4, -0.2) is 28.3 Å². The fraction of sp³-hybridized carbons (Fsp3) is 0.962. The molecule has 0 heterocycles. The standard InChI is InChI=1S/C26H53NO3/c1-2-3-4-5-6-7-8-9-10-12-15-18-21-24(28)25(29)22-19-16-13-11-14-17-20-23-26(27)30/h24-25,28-29H,2-23H2,1H3,(H2,27,30). The van der Waals surface area contributed by atoms with Crippen LogP contribution in [0, 0.1) is 0 Å². The number of carbonyl (C=O) groups is 1. The summed E-state index contributed by atoms with van der Waals surface area (Å²) in [5, 5.41) is 20.3. The summed E-state index contributed by atoms with van der Waals surface area (Å²) in [6.07, 6.45) is 24.2. The molecule has 0 aromatic carbocycles. The van der Waals surface area contributed by atoms with E-state index in [1.165, 1.54) is 77.0 Å². The van der Waals surface area contributed by atoms with E-state index in [4.69, 9.17) is 5.73 Å². The van der Waals surface area contributed by atoms with Crippen molar-refractivity contribution in [3.8, 4) is 0 Å². The summed E-state index contributed by atoms with van der Waals surface area (Å²) in [6.45, 7) is 2.27. The molecule has 0 aliphatic carbocycles. The van der Waals surface area contributed by atoms with Crippen LogP contribution in [0.4, 0.5) is 0 Å². The van der Waals surface area contributed by atoms with Crippen molar-refractivity contribution in [2.75, 3.05) is 0 Å². The Labute approximate surface area is 187 Å². The maximum atomic E-state index is 10.7. The number of aliphatic hydroxyl groups is 2. The van der Waals surface area contributed by atoms with Crippen molar-refractivity contribution in [3.05, 3.63) is 0 Å². The van der Waals surface area contributed by atoms with Crippen molar-refractivity contribution in [1.29, 1.82) is 0 Å². The van der Waals surface area contributed by atoms with Gasteiger partial charge in [0.2, 0.25) is 5.91 Å². The average molecular weight is 428 g/mol. The molecule has 0 aliphatic heterocycles. The van der Waals surface area contributed by atoms with Gasteiger partial charge >= 0.3 is 0 Å². The Hall–Kier alpha value is -0.610. The zero-order chi connectivity index (χ0) is 22.3. The number of aliphatic hydroxyl groups excluding tert-OH is 2. The molecule has 0 aromatic rings. The lowest BCUT2D eigenvalue weighted by atomic mass is 9.99. The number of rotatable bonds is 24. The van der Waals surface area contributed by atoms with E-state index in [1.807, 2.05) is 0 Å². The molecule has 0 fully saturated rings. The molecular formula is C26H53NO3. The molecule has 4 heteroatoms. The lowest BCUT2D eigenvalue weighted by Crippen LogP contribution is -2.25. The first-order valence-electron chi connectivity index (χ1n) is 13.2. The number of hydrogen-bond donors (Lipinski definition) is 3. The van der Waals surface area contributed by atoms with Crippen LogP contribution in [-0.2, 0) is 4.79 Å². The predicted octanol–water partition coefficient (Wildman–Crippen LogP) is 6.80. The van der Waals surface area contributed by atoms with E-state index in [0.29, 0.717) is 12.8 Å². The number of carbonyl (C=O) groups excluding carboxylic acids is 1. The van der Waals surface area contributed by atoms with E-state index in [9.17, 15) is 15.0 Å². The number of nitrogens with two attached hydrogens (primary N) is 1. The van der Waals surface area contributed by atoms with Crippen molar-refractivity contribution < 1.29 is 15.0 Å². The molecule has 4 N–H and O–H groups in total. The van der Waals surface area contributed by atoms with E-state index in [0.717, 1.165) is 51.4 Å². The second kappa shape index (κ2) is 23.1. The Morgan fingerprint density at radius 1 is 0.567 bits per heavy atom. The number of amides is 1. The maximum Gasteiger partial charge on any atom is 0.217 e. The summed E-state index contributed by atoms with van der Waals surface area (Å²) in [4.78, 5) is 10.7. The Morgan fingerprint density at radius 2 is 0.867 bits per heavy atom. The third-order valence-electron chi connectivity index (χ3n) is 6.22. The van der Waals surface area contributed by atoms with Gasteiger partial charge in [-0.2, -0.15) is 0 Å². The van der Waals surface area contributed by atoms with Crippen molar-refractivity contribution in [3.63, 3.8) is 0 Å². The van der Waals surface area contributed by atoms with Gasteiger partial charge in [-0.25, -0.2) is 0 Å². The van der Waals surface area contributed by atoms with Crippen LogP contribution < -0.4 is 5.73 Å². The molecule has 2 unspecified atom stereocenters. The molecule has 0 rings (SSSR count). The summed E-state index contributed by atoms with van der Waals surface area (Å²) < 4.78 is 0. The van der Waals surface area contributed by atoms with Crippen molar-refractivity contribution in [2.24, 2.45) is 5.73 Å². The van der Waals surface area contributed by atoms with Crippen LogP contribution in [0.3, 0.4) is 0 Å². The highest BCUT2D eigenvalue weighted by Crippen LogP contribution is 2.16. The zero-order valence-corrected chi connectivity index (χ0v) is 20.1. The van der Waals surface area contributed by atoms with Crippen LogP contribution in [0.15, 0.2) is 0 Å². The van der Waals surface area contributed by atoms with Gasteiger partial charge in [0.1, 0.15) is 0 Å². The van der Waals surface area contributed by atoms with Gasteiger partial charge in [-0.1, -0.05) is 122 Å². The van der Waals surface area contributed by atoms with E-state index in [2.05, 4.69) is 6.92 Å². The highest BCUT2D eigenvalue weighted by Gasteiger charge is 2.15. The lowest BCUT2D eigenvalue weighted by Gasteiger charge is -2.17. The topological polar surface area (TPSA) is 83.6 Å². The smallest absolute Gasteiger partial charge is 0.217 e. The van der Waals surface area contributed by atoms with Gasteiger partial charge in [-0.3, -0.25) is 4.79 Å². The minimum absolute atomic E-state index is 0.203. The van der Waals surface area contributed by atoms with E-state index >= 15 is 0 Å². The van der Waals surface area contributed by atoms with E-state index in [-0.39, 0.29) is 5.91 Å². The lowest BCUT2D eigenvalue weighted by molar-refractivity contribution is -0.118. The van der Waals surface area contributed by atoms with E-state index < -0.39 is 12.2 Å². The normalized spacial score (nSPS) is 13.4. The minimum Gasteiger partial charge on any atom is -0.390 e. The SMILES string of the molecule is CCCCCCCCCCCCCCC(O)C(O)CCCCCCCCCC(N)=O. The van der Waals surface area contributed by atoms with Crippen LogP contribution in [0.2, 0.25) is 0 Å². The monoisotopic (exact) mass is 427 g/mol. The van der Waals surface area contributed by atoms with Crippen molar-refractivity contribution >= 4 is 5.91 Å². The molecule has 30 heavy (non-hydrogen) atoms. The van der Waals surface area contributed by atoms with Gasteiger partial charge in [0.15, 0.2) is 0 Å². The fourth-order valence-corrected chi connectivity index (χ4v) is 4.12. The Bertz CT molecular complexity index is 362. The second-order valence-corrected chi connectivity index (χ2v) is 9.29. The van der Waals surface area contributed by atoms with E-state index in [1.54, 1.807) is 0 Å². The van der Waals surface area contributed by atoms with Gasteiger partial charge in [0.25, 0.3) is 0 Å². The first kappa shape index (κ1) is 29.4. The highest BCUT2D eigenvalue weighted by molar-refractivity contribution is 5.73. The second-order valence-electron chi connectivity index (χ2n) is 9.29. The van der Waals surface area contributed by atoms with Gasteiger partial charge in [0, 0.05) is 6.42 Å². The molecule has 2 atom stereocenters. The third kappa shape index (κ3) is 22.1. The number of hydrogen-bond acceptors (Lipinski definition) is 3. The zero-order valence-electron chi connectivity index (χ0n) is 20.1. The van der Waals surface area contributed by atoms with Crippen LogP contribution in [0.5, 0.6) is 0 Å². The first-order chi connectivity index (χ1) is 14.6. The van der Waals surface area contributed by atoms with Gasteiger partial charge < -0.3 is 15.9 Å². The van der Waals surface area contributed by atoms with Crippen molar-refractivity contribution in [2.45, 2.75) is 160 Å². The molecule has 0 bridgehead atoms. The highest BCUT2D eigenvalue weighted by atomic mass is 16.3. The van der Waals surface area contributed by atoms with Gasteiger partial charge in [-0.15, -0.1) is 0 Å². The fourth-order valence-electron chi connectivity index (χ4n) is 4.12. The number of unbranched alkanes of at least 4 members (excludes halogenated alkanes) is 17. The molecule has 1 amide bonds. The first-order valence-corrected chi connectivity index (χ1v) is 13.2. The quantitative estimate of drug-likeness (QED) is 0.148. The molecule has 0 aromatic heterocycles. The largest absolute Gasteiger partial charge is 0.390 e. The molecule has 4 nitrogen and oxygen atoms in total. The Kier molecular flexibility index (Phi) is 22.6. The predicted molar refractivity (Wildman–Crippen MR) is 128 cm³/mol. The molecule has 0 radical (unpaired) electrons. The summed E-state index contributed by atoms with van der Waals surface area (Å²) in [5.74, 6) is -0.203. The number of primary amides is 1. The maximum absolute atomic E-state index is 10.7. The minimum atomic E-state index is -0.562. The van der Waals surface area contributed by atoms with Gasteiger partial charge in [-0.05, 0) is 19.3 Å². The van der Waals surface area contributed by atoms with Crippen molar-refractivity contribution in [1.82, 2.24) is 0 Å². The molecule has 0 aliphatic rings. The molecule has 0 spiro atoms. The Morgan fingerprint density at radius 3 is 1.20 bits per heavy atom. The van der Waals surface area contributed by atoms with Crippen LogP contribution in [0.1, 0.15) is 148 Å². The van der Waals surface area contributed by atoms with Crippen LogP contribution >= 0.6 is 0 Å². The summed E-state index contributed by atoms with van der Waals surface area (Å²) in [7, 11) is 0. The third-order valence-corrected chi connectivity index (χ3v) is 6.22. The average Bonchev–Trinajstić information content (AvgIpc) is 2.72. The molecule has 180 valence electrons. The van der Waals surface area contributed by atoms with Gasteiger partial charge in [0.05, 0.1) is 12.2 Å². The van der Waals surface area contributed by atoms with Crippen LogP contribution in [0.25, 0.3) is 0 Å².